The lowest BCUT2D eigenvalue weighted by Crippen LogP contribution is -2.42. The number of hydrogen-bond donors (Lipinski definition) is 2. The molecular formula is C23H30BrNO4. The highest BCUT2D eigenvalue weighted by molar-refractivity contribution is 8.93. The number of nitrogens with one attached hydrogen (secondary N) is 1. The zero-order chi connectivity index (χ0) is 20.6. The van der Waals surface area contributed by atoms with Crippen molar-refractivity contribution in [1.82, 2.24) is 5.32 Å². The van der Waals surface area contributed by atoms with Crippen LogP contribution in [0.4, 0.5) is 0 Å². The summed E-state index contributed by atoms with van der Waals surface area (Å²) < 4.78 is 11.6. The van der Waals surface area contributed by atoms with E-state index < -0.39 is 6.10 Å². The van der Waals surface area contributed by atoms with E-state index in [1.807, 2.05) is 57.2 Å². The van der Waals surface area contributed by atoms with Crippen molar-refractivity contribution in [2.45, 2.75) is 39.3 Å². The molecule has 6 heteroatoms. The van der Waals surface area contributed by atoms with E-state index in [4.69, 9.17) is 9.47 Å². The van der Waals surface area contributed by atoms with Crippen molar-refractivity contribution < 1.29 is 19.4 Å². The minimum atomic E-state index is -0.667. The third-order valence-electron chi connectivity index (χ3n) is 3.81. The molecule has 2 N–H and O–H groups in total. The second kappa shape index (κ2) is 11.8. The van der Waals surface area contributed by atoms with E-state index in [1.165, 1.54) is 6.92 Å². The largest absolute Gasteiger partial charge is 0.487 e. The molecule has 29 heavy (non-hydrogen) atoms. The summed E-state index contributed by atoms with van der Waals surface area (Å²) in [5, 5.41) is 13.4. The van der Waals surface area contributed by atoms with Crippen LogP contribution in [0, 0.1) is 0 Å². The van der Waals surface area contributed by atoms with Crippen LogP contribution >= 0.6 is 17.0 Å². The molecule has 0 spiro atoms. The summed E-state index contributed by atoms with van der Waals surface area (Å²) in [4.78, 5) is 12.0. The number of allylic oxidation sites excluding steroid dienone is 1. The van der Waals surface area contributed by atoms with E-state index in [9.17, 15) is 9.90 Å². The number of carbonyl (C=O) groups excluding carboxylic acids is 1. The van der Waals surface area contributed by atoms with Gasteiger partial charge in [0.2, 0.25) is 0 Å². The Morgan fingerprint density at radius 1 is 1.07 bits per heavy atom. The number of benzene rings is 2. The van der Waals surface area contributed by atoms with Crippen LogP contribution in [0.5, 0.6) is 11.5 Å². The highest BCUT2D eigenvalue weighted by Gasteiger charge is 2.15. The first-order valence-electron chi connectivity index (χ1n) is 9.35. The van der Waals surface area contributed by atoms with Crippen LogP contribution in [0.15, 0.2) is 60.4 Å². The second-order valence-electron chi connectivity index (χ2n) is 7.62. The first-order valence-corrected chi connectivity index (χ1v) is 9.35. The molecule has 0 amide bonds. The van der Waals surface area contributed by atoms with Gasteiger partial charge in [-0.05, 0) is 44.5 Å². The fraction of sp³-hybridized carbons (Fsp3) is 0.348. The average Bonchev–Trinajstić information content (AvgIpc) is 2.65. The van der Waals surface area contributed by atoms with Gasteiger partial charge in [0.1, 0.15) is 12.7 Å². The number of aliphatic hydroxyl groups is 1. The molecule has 0 aliphatic carbocycles. The number of ether oxygens (including phenoxy) is 2. The van der Waals surface area contributed by atoms with Crippen molar-refractivity contribution in [3.8, 4) is 11.5 Å². The predicted molar refractivity (Wildman–Crippen MR) is 122 cm³/mol. The van der Waals surface area contributed by atoms with E-state index in [1.54, 1.807) is 24.3 Å². The quantitative estimate of drug-likeness (QED) is 0.425. The fourth-order valence-corrected chi connectivity index (χ4v) is 2.34. The van der Waals surface area contributed by atoms with Crippen LogP contribution in [0.25, 0.3) is 6.08 Å². The SMILES string of the molecule is Br.CC(=O)C(=Cc1ccccc1)Oc1ccccc1OCC(O)CNC(C)(C)C. The number of para-hydroxylation sites is 2. The Bertz CT molecular complexity index is 800. The van der Waals surface area contributed by atoms with Crippen molar-refractivity contribution in [3.63, 3.8) is 0 Å². The molecule has 5 nitrogen and oxygen atoms in total. The molecule has 158 valence electrons. The van der Waals surface area contributed by atoms with Gasteiger partial charge in [0, 0.05) is 19.0 Å². The Labute approximate surface area is 183 Å². The molecule has 0 heterocycles. The minimum absolute atomic E-state index is 0. The van der Waals surface area contributed by atoms with Gasteiger partial charge in [-0.2, -0.15) is 0 Å². The van der Waals surface area contributed by atoms with Gasteiger partial charge in [-0.3, -0.25) is 4.79 Å². The molecule has 0 bridgehead atoms. The number of ketones is 1. The van der Waals surface area contributed by atoms with Crippen LogP contribution in [-0.2, 0) is 4.79 Å². The lowest BCUT2D eigenvalue weighted by Gasteiger charge is -2.23. The summed E-state index contributed by atoms with van der Waals surface area (Å²) in [6, 6.07) is 16.6. The summed E-state index contributed by atoms with van der Waals surface area (Å²) >= 11 is 0. The molecule has 0 radical (unpaired) electrons. The third-order valence-corrected chi connectivity index (χ3v) is 3.81. The Kier molecular flexibility index (Phi) is 10.1. The normalized spacial score (nSPS) is 12.7. The zero-order valence-corrected chi connectivity index (χ0v) is 19.1. The Morgan fingerprint density at radius 2 is 1.66 bits per heavy atom. The van der Waals surface area contributed by atoms with Gasteiger partial charge >= 0.3 is 0 Å². The van der Waals surface area contributed by atoms with Crippen LogP contribution in [-0.4, -0.2) is 35.7 Å². The minimum Gasteiger partial charge on any atom is -0.487 e. The summed E-state index contributed by atoms with van der Waals surface area (Å²) in [6.45, 7) is 8.09. The molecule has 2 aromatic rings. The lowest BCUT2D eigenvalue weighted by atomic mass is 10.1. The number of halogens is 1. The van der Waals surface area contributed by atoms with E-state index in [0.717, 1.165) is 5.56 Å². The maximum atomic E-state index is 12.0. The molecule has 1 atom stereocenters. The molecule has 0 aliphatic rings. The maximum Gasteiger partial charge on any atom is 0.194 e. The molecule has 0 aliphatic heterocycles. The van der Waals surface area contributed by atoms with Gasteiger partial charge in [-0.1, -0.05) is 42.5 Å². The van der Waals surface area contributed by atoms with Crippen molar-refractivity contribution >= 4 is 28.8 Å². The molecule has 0 fully saturated rings. The molecule has 0 saturated carbocycles. The first kappa shape index (κ1) is 24.9. The summed E-state index contributed by atoms with van der Waals surface area (Å²) in [5.74, 6) is 0.929. The highest BCUT2D eigenvalue weighted by atomic mass is 79.9. The number of carbonyl (C=O) groups is 1. The average molecular weight is 464 g/mol. The third kappa shape index (κ3) is 9.26. The Morgan fingerprint density at radius 3 is 2.24 bits per heavy atom. The number of β-amino-alcohol motifs (C(OH)–C–C–N with tert-alkyl or cyclic N) is 1. The standard InChI is InChI=1S/C23H29NO4.BrH/c1-17(25)22(14-18-10-6-5-7-11-18)28-21-13-9-8-12-20(21)27-16-19(26)15-24-23(2,3)4;/h5-14,19,24,26H,15-16H2,1-4H3;1H. The van der Waals surface area contributed by atoms with E-state index in [-0.39, 0.29) is 40.7 Å². The number of aliphatic hydroxyl groups excluding tert-OH is 1. The van der Waals surface area contributed by atoms with E-state index >= 15 is 0 Å². The van der Waals surface area contributed by atoms with Crippen LogP contribution < -0.4 is 14.8 Å². The Balaban J connectivity index is 0.00000420. The highest BCUT2D eigenvalue weighted by Crippen LogP contribution is 2.29. The molecule has 2 rings (SSSR count). The van der Waals surface area contributed by atoms with Crippen molar-refractivity contribution in [2.24, 2.45) is 0 Å². The summed E-state index contributed by atoms with van der Waals surface area (Å²) in [5.41, 5.74) is 0.787. The lowest BCUT2D eigenvalue weighted by molar-refractivity contribution is -0.115. The number of hydrogen-bond acceptors (Lipinski definition) is 5. The van der Waals surface area contributed by atoms with Crippen molar-refractivity contribution in [1.29, 1.82) is 0 Å². The van der Waals surface area contributed by atoms with Gasteiger partial charge in [0.15, 0.2) is 23.0 Å². The van der Waals surface area contributed by atoms with Gasteiger partial charge < -0.3 is 19.9 Å². The zero-order valence-electron chi connectivity index (χ0n) is 17.3. The van der Waals surface area contributed by atoms with Gasteiger partial charge in [0.05, 0.1) is 0 Å². The Hall–Kier alpha value is -2.15. The molecule has 2 aromatic carbocycles. The number of Topliss-reactive ketones (excluding diaryl/α,β-unsaturated/α-hetero) is 1. The van der Waals surface area contributed by atoms with Gasteiger partial charge in [-0.25, -0.2) is 0 Å². The van der Waals surface area contributed by atoms with Gasteiger partial charge in [-0.15, -0.1) is 17.0 Å². The first-order chi connectivity index (χ1) is 13.2. The molecule has 0 aromatic heterocycles. The summed E-state index contributed by atoms with van der Waals surface area (Å²) in [6.07, 6.45) is 1.03. The van der Waals surface area contributed by atoms with Crippen molar-refractivity contribution in [2.75, 3.05) is 13.2 Å². The number of rotatable bonds is 9. The van der Waals surface area contributed by atoms with Crippen molar-refractivity contribution in [3.05, 3.63) is 65.9 Å². The molecular weight excluding hydrogens is 434 g/mol. The molecule has 0 saturated heterocycles. The summed E-state index contributed by atoms with van der Waals surface area (Å²) in [7, 11) is 0. The second-order valence-corrected chi connectivity index (χ2v) is 7.62. The fourth-order valence-electron chi connectivity index (χ4n) is 2.34. The van der Waals surface area contributed by atoms with E-state index in [0.29, 0.717) is 18.0 Å². The monoisotopic (exact) mass is 463 g/mol. The maximum absolute atomic E-state index is 12.0. The van der Waals surface area contributed by atoms with Crippen LogP contribution in [0.1, 0.15) is 33.3 Å². The van der Waals surface area contributed by atoms with Gasteiger partial charge in [0.25, 0.3) is 0 Å². The van der Waals surface area contributed by atoms with Crippen LogP contribution in [0.3, 0.4) is 0 Å². The molecule has 1 unspecified atom stereocenters. The van der Waals surface area contributed by atoms with Crippen LogP contribution in [0.2, 0.25) is 0 Å². The van der Waals surface area contributed by atoms with E-state index in [2.05, 4.69) is 5.32 Å². The topological polar surface area (TPSA) is 67.8 Å². The predicted octanol–water partition coefficient (Wildman–Crippen LogP) is 4.40. The smallest absolute Gasteiger partial charge is 0.194 e.